The SMILES string of the molecule is CN(Oc1cnn(C[C@@H]2[C@H](NC(=O)C(=NOC3(C(=O)OC(c4ccccc4)c4ccccc4)CC3)c3csc(NC(=O)OC(C)(C)C)n3)C(=O)N2S(=O)(=O)O)n1)C(=NC(=O)OC(C)(C)C)N(CCCNC(=O)CC(C)(C)C)C(=O)OC(C)(C)C. The number of hydrogen-bond donors (Lipinski definition) is 4. The fourth-order valence-electron chi connectivity index (χ4n) is 7.79. The average molecular weight is 1210 g/mol. The number of hydrogen-bond acceptors (Lipinski definition) is 20. The first kappa shape index (κ1) is 64.9. The van der Waals surface area contributed by atoms with E-state index in [-0.39, 0.29) is 71.1 Å². The summed E-state index contributed by atoms with van der Waals surface area (Å²) in [5, 5.41) is 22.3. The Balaban J connectivity index is 1.26. The highest BCUT2D eigenvalue weighted by Gasteiger charge is 2.57. The molecule has 0 spiro atoms. The molecule has 6 rings (SSSR count). The van der Waals surface area contributed by atoms with Crippen LogP contribution >= 0.6 is 11.3 Å². The number of ether oxygens (including phenoxy) is 4. The van der Waals surface area contributed by atoms with Crippen LogP contribution in [0, 0.1) is 5.41 Å². The van der Waals surface area contributed by atoms with Crippen molar-refractivity contribution in [2.75, 3.05) is 25.5 Å². The molecule has 4 aromatic rings. The molecular weight excluding hydrogens is 1140 g/mol. The molecule has 2 aromatic carbocycles. The first-order valence-corrected chi connectivity index (χ1v) is 28.8. The summed E-state index contributed by atoms with van der Waals surface area (Å²) in [4.78, 5) is 117. The number of carbonyl (C=O) groups is 7. The number of nitrogens with one attached hydrogen (secondary N) is 3. The number of aromatic nitrogens is 4. The van der Waals surface area contributed by atoms with E-state index in [4.69, 9.17) is 28.6 Å². The average Bonchev–Trinajstić information content (AvgIpc) is 3.10. The standard InChI is InChI=1S/C54H72N12O16S2/c1-50(2,3)29-37(67)55-27-20-28-64(49(73)80-53(10,11)12)46(60-48(72)79-52(7,8)9)63(13)81-38-30-56-65(61-38)31-36-40(43(69)66(36)84(74,75)76)58-42(68)39(35-32-83-45(57-35)59-47(71)78-51(4,5)6)62-82-54(25-26-54)44(70)77-41(33-21-16-14-17-22-33)34-23-18-15-19-24-34/h14-19,21-24,30,32,36,40-41H,20,25-29,31H2,1-13H3,(H,55,67)(H,58,68)(H,57,59,71)(H,74,75,76)/t36-,40+/m1/s1. The van der Waals surface area contributed by atoms with Crippen LogP contribution in [0.15, 0.2) is 82.4 Å². The van der Waals surface area contributed by atoms with Gasteiger partial charge in [-0.25, -0.2) is 33.4 Å². The fourth-order valence-corrected chi connectivity index (χ4v) is 9.34. The lowest BCUT2D eigenvalue weighted by Crippen LogP contribution is -2.73. The molecule has 1 aliphatic heterocycles. The van der Waals surface area contributed by atoms with E-state index in [2.05, 4.69) is 41.3 Å². The summed E-state index contributed by atoms with van der Waals surface area (Å²) in [5.74, 6) is -4.32. The monoisotopic (exact) mass is 1210 g/mol. The number of nitrogens with zero attached hydrogens (tertiary/aromatic N) is 9. The van der Waals surface area contributed by atoms with Gasteiger partial charge >= 0.3 is 34.6 Å². The number of thiazole rings is 1. The van der Waals surface area contributed by atoms with Gasteiger partial charge in [-0.3, -0.25) is 24.3 Å². The van der Waals surface area contributed by atoms with E-state index in [1.54, 1.807) is 111 Å². The summed E-state index contributed by atoms with van der Waals surface area (Å²) in [6, 6.07) is 14.6. The minimum absolute atomic E-state index is 0.0599. The molecule has 2 aromatic heterocycles. The first-order valence-electron chi connectivity index (χ1n) is 26.6. The molecule has 2 fully saturated rings. The van der Waals surface area contributed by atoms with Crippen LogP contribution in [-0.2, 0) is 59.8 Å². The lowest BCUT2D eigenvalue weighted by molar-refractivity contribution is -0.164. The number of benzene rings is 2. The predicted octanol–water partition coefficient (Wildman–Crippen LogP) is 6.56. The van der Waals surface area contributed by atoms with Gasteiger partial charge in [-0.15, -0.1) is 21.4 Å². The van der Waals surface area contributed by atoms with Gasteiger partial charge in [-0.1, -0.05) is 86.6 Å². The van der Waals surface area contributed by atoms with Gasteiger partial charge in [-0.2, -0.15) is 23.4 Å². The van der Waals surface area contributed by atoms with Crippen molar-refractivity contribution in [1.82, 2.24) is 44.9 Å². The van der Waals surface area contributed by atoms with Crippen LogP contribution in [-0.4, -0.2) is 155 Å². The van der Waals surface area contributed by atoms with Crippen molar-refractivity contribution in [3.63, 3.8) is 0 Å². The highest BCUT2D eigenvalue weighted by atomic mass is 32.2. The van der Waals surface area contributed by atoms with Crippen molar-refractivity contribution in [3.05, 3.63) is 89.1 Å². The molecule has 0 radical (unpaired) electrons. The number of β-lactam (4-membered cyclic amide) rings is 1. The Morgan fingerprint density at radius 2 is 1.46 bits per heavy atom. The van der Waals surface area contributed by atoms with Crippen molar-refractivity contribution in [2.24, 2.45) is 15.6 Å². The highest BCUT2D eigenvalue weighted by molar-refractivity contribution is 7.84. The Hall–Kier alpha value is -8.25. The molecule has 0 bridgehead atoms. The van der Waals surface area contributed by atoms with Gasteiger partial charge in [0.05, 0.1) is 6.54 Å². The first-order chi connectivity index (χ1) is 39.0. The molecule has 3 heterocycles. The molecule has 6 amide bonds. The van der Waals surface area contributed by atoms with Crippen LogP contribution in [0.1, 0.15) is 132 Å². The number of esters is 1. The zero-order chi connectivity index (χ0) is 62.2. The van der Waals surface area contributed by atoms with E-state index in [1.165, 1.54) is 12.4 Å². The molecular formula is C54H72N12O16S2. The van der Waals surface area contributed by atoms with Crippen LogP contribution in [0.4, 0.5) is 19.5 Å². The zero-order valence-corrected chi connectivity index (χ0v) is 50.7. The molecule has 28 nitrogen and oxygen atoms in total. The van der Waals surface area contributed by atoms with Crippen molar-refractivity contribution in [3.8, 4) is 5.88 Å². The van der Waals surface area contributed by atoms with Crippen molar-refractivity contribution in [1.29, 1.82) is 0 Å². The summed E-state index contributed by atoms with van der Waals surface area (Å²) in [7, 11) is -4.04. The lowest BCUT2D eigenvalue weighted by Gasteiger charge is -2.43. The van der Waals surface area contributed by atoms with Crippen molar-refractivity contribution in [2.45, 2.75) is 156 Å². The summed E-state index contributed by atoms with van der Waals surface area (Å²) < 4.78 is 58.3. The molecule has 2 aliphatic rings. The number of anilines is 1. The lowest BCUT2D eigenvalue weighted by atomic mass is 9.92. The summed E-state index contributed by atoms with van der Waals surface area (Å²) in [5.41, 5.74) is -4.47. The number of aliphatic imine (C=N–C) groups is 1. The van der Waals surface area contributed by atoms with Gasteiger partial charge < -0.3 is 39.3 Å². The number of amides is 6. The molecule has 1 aliphatic carbocycles. The number of guanidine groups is 1. The number of hydroxylamine groups is 2. The quantitative estimate of drug-likeness (QED) is 0.0106. The zero-order valence-electron chi connectivity index (χ0n) is 49.0. The van der Waals surface area contributed by atoms with Crippen LogP contribution < -0.4 is 20.8 Å². The Morgan fingerprint density at radius 1 is 0.869 bits per heavy atom. The number of carbonyl (C=O) groups excluding carboxylic acids is 7. The molecule has 30 heteroatoms. The second kappa shape index (κ2) is 26.1. The Labute approximate surface area is 490 Å². The largest absolute Gasteiger partial charge is 0.450 e. The van der Waals surface area contributed by atoms with Crippen molar-refractivity contribution < 1.29 is 75.2 Å². The second-order valence-corrected chi connectivity index (χ2v) is 25.9. The maximum atomic E-state index is 14.5. The molecule has 84 heavy (non-hydrogen) atoms. The van der Waals surface area contributed by atoms with E-state index in [9.17, 15) is 46.5 Å². The molecule has 1 saturated carbocycles. The summed E-state index contributed by atoms with van der Waals surface area (Å²) >= 11 is 0.854. The minimum Gasteiger partial charge on any atom is -0.450 e. The van der Waals surface area contributed by atoms with Gasteiger partial charge in [0, 0.05) is 44.8 Å². The number of oxime groups is 1. The van der Waals surface area contributed by atoms with E-state index in [0.717, 1.165) is 32.3 Å². The van der Waals surface area contributed by atoms with Crippen LogP contribution in [0.2, 0.25) is 0 Å². The van der Waals surface area contributed by atoms with Gasteiger partial charge in [0.2, 0.25) is 11.5 Å². The van der Waals surface area contributed by atoms with Crippen LogP contribution in [0.3, 0.4) is 0 Å². The predicted molar refractivity (Wildman–Crippen MR) is 303 cm³/mol. The molecule has 0 unspecified atom stereocenters. The Kier molecular flexibility index (Phi) is 20.2. The normalized spacial score (nSPS) is 16.4. The number of rotatable bonds is 20. The third-order valence-electron chi connectivity index (χ3n) is 11.5. The topological polar surface area (TPSA) is 343 Å². The van der Waals surface area contributed by atoms with Gasteiger partial charge in [0.25, 0.3) is 23.7 Å². The van der Waals surface area contributed by atoms with E-state index >= 15 is 0 Å². The molecule has 1 saturated heterocycles. The van der Waals surface area contributed by atoms with Gasteiger partial charge in [0.1, 0.15) is 40.8 Å². The summed E-state index contributed by atoms with van der Waals surface area (Å²) in [6.45, 7) is 19.6. The van der Waals surface area contributed by atoms with Crippen LogP contribution in [0.25, 0.3) is 0 Å². The highest BCUT2D eigenvalue weighted by Crippen LogP contribution is 2.43. The van der Waals surface area contributed by atoms with Gasteiger partial charge in [-0.05, 0) is 85.3 Å². The molecule has 2 atom stereocenters. The Morgan fingerprint density at radius 3 is 2.01 bits per heavy atom. The van der Waals surface area contributed by atoms with Crippen molar-refractivity contribution >= 4 is 80.4 Å². The smallest absolute Gasteiger partial charge is 0.437 e. The maximum Gasteiger partial charge on any atom is 0.437 e. The summed E-state index contributed by atoms with van der Waals surface area (Å²) in [6.07, 6.45) is -2.17. The van der Waals surface area contributed by atoms with E-state index in [0.29, 0.717) is 11.1 Å². The third kappa shape index (κ3) is 18.9. The molecule has 456 valence electrons. The fraction of sp³-hybridized carbons (Fsp3) is 0.519. The van der Waals surface area contributed by atoms with Crippen LogP contribution in [0.5, 0.6) is 5.88 Å². The van der Waals surface area contributed by atoms with E-state index < -0.39 is 105 Å². The maximum absolute atomic E-state index is 14.5. The third-order valence-corrected chi connectivity index (χ3v) is 13.2. The second-order valence-electron chi connectivity index (χ2n) is 23.7. The molecule has 4 N–H and O–H groups in total. The van der Waals surface area contributed by atoms with Gasteiger partial charge in [0.15, 0.2) is 16.9 Å². The van der Waals surface area contributed by atoms with E-state index in [1.807, 2.05) is 32.9 Å². The Bertz CT molecular complexity index is 3170. The minimum atomic E-state index is -5.31.